The fourth-order valence-electron chi connectivity index (χ4n) is 1.58. The first-order valence-corrected chi connectivity index (χ1v) is 8.02. The summed E-state index contributed by atoms with van der Waals surface area (Å²) in [4.78, 5) is 1.04. The SMILES string of the molecule is CSc1c(N)nsc1NCCCOc1ccccc1. The zero-order chi connectivity index (χ0) is 13.5. The second-order valence-electron chi connectivity index (χ2n) is 3.87. The van der Waals surface area contributed by atoms with Crippen LogP contribution in [-0.4, -0.2) is 23.8 Å². The Bertz CT molecular complexity index is 502. The Balaban J connectivity index is 1.69. The largest absolute Gasteiger partial charge is 0.494 e. The predicted octanol–water partition coefficient (Wildman–Crippen LogP) is 3.33. The molecule has 0 radical (unpaired) electrons. The summed E-state index contributed by atoms with van der Waals surface area (Å²) in [6.07, 6.45) is 2.93. The van der Waals surface area contributed by atoms with E-state index in [0.717, 1.165) is 28.6 Å². The molecule has 0 saturated carbocycles. The molecule has 0 fully saturated rings. The first-order chi connectivity index (χ1) is 9.31. The van der Waals surface area contributed by atoms with Crippen molar-refractivity contribution in [2.75, 3.05) is 30.5 Å². The van der Waals surface area contributed by atoms with E-state index in [0.29, 0.717) is 12.4 Å². The van der Waals surface area contributed by atoms with E-state index in [2.05, 4.69) is 9.69 Å². The topological polar surface area (TPSA) is 60.2 Å². The fraction of sp³-hybridized carbons (Fsp3) is 0.308. The Morgan fingerprint density at radius 2 is 2.16 bits per heavy atom. The minimum absolute atomic E-state index is 0.612. The third-order valence-corrected chi connectivity index (χ3v) is 4.27. The van der Waals surface area contributed by atoms with Crippen molar-refractivity contribution in [3.8, 4) is 5.75 Å². The van der Waals surface area contributed by atoms with Gasteiger partial charge >= 0.3 is 0 Å². The maximum absolute atomic E-state index is 5.77. The Hall–Kier alpha value is -1.40. The molecule has 0 spiro atoms. The number of aromatic nitrogens is 1. The van der Waals surface area contributed by atoms with E-state index in [9.17, 15) is 0 Å². The van der Waals surface area contributed by atoms with Gasteiger partial charge in [-0.3, -0.25) is 0 Å². The van der Waals surface area contributed by atoms with E-state index in [-0.39, 0.29) is 0 Å². The van der Waals surface area contributed by atoms with Gasteiger partial charge in [-0.2, -0.15) is 4.37 Å². The minimum Gasteiger partial charge on any atom is -0.494 e. The zero-order valence-corrected chi connectivity index (χ0v) is 12.4. The molecule has 0 saturated heterocycles. The van der Waals surface area contributed by atoms with Crippen molar-refractivity contribution in [3.63, 3.8) is 0 Å². The van der Waals surface area contributed by atoms with E-state index in [4.69, 9.17) is 10.5 Å². The number of nitrogen functional groups attached to an aromatic ring is 1. The lowest BCUT2D eigenvalue weighted by Gasteiger charge is -2.07. The van der Waals surface area contributed by atoms with Crippen LogP contribution in [0, 0.1) is 0 Å². The van der Waals surface area contributed by atoms with Gasteiger partial charge < -0.3 is 15.8 Å². The Labute approximate surface area is 121 Å². The van der Waals surface area contributed by atoms with Crippen molar-refractivity contribution >= 4 is 34.1 Å². The van der Waals surface area contributed by atoms with Crippen molar-refractivity contribution in [2.24, 2.45) is 0 Å². The van der Waals surface area contributed by atoms with Crippen molar-refractivity contribution in [3.05, 3.63) is 30.3 Å². The fourth-order valence-corrected chi connectivity index (χ4v) is 3.15. The number of anilines is 2. The third kappa shape index (κ3) is 4.04. The number of hydrogen-bond acceptors (Lipinski definition) is 6. The van der Waals surface area contributed by atoms with Crippen molar-refractivity contribution < 1.29 is 4.74 Å². The maximum atomic E-state index is 5.77. The lowest BCUT2D eigenvalue weighted by Crippen LogP contribution is -2.07. The highest BCUT2D eigenvalue weighted by Crippen LogP contribution is 2.34. The molecule has 1 aromatic heterocycles. The van der Waals surface area contributed by atoms with Gasteiger partial charge in [0.15, 0.2) is 5.82 Å². The summed E-state index contributed by atoms with van der Waals surface area (Å²) in [6.45, 7) is 1.54. The molecule has 1 heterocycles. The number of benzene rings is 1. The Kier molecular flexibility index (Phi) is 5.35. The van der Waals surface area contributed by atoms with Crippen molar-refractivity contribution in [2.45, 2.75) is 11.3 Å². The molecule has 3 N–H and O–H groups in total. The molecule has 0 aliphatic heterocycles. The average molecular weight is 295 g/mol. The van der Waals surface area contributed by atoms with Gasteiger partial charge in [-0.25, -0.2) is 0 Å². The summed E-state index contributed by atoms with van der Waals surface area (Å²) in [5.74, 6) is 1.52. The predicted molar refractivity (Wildman–Crippen MR) is 83.4 cm³/mol. The van der Waals surface area contributed by atoms with E-state index in [1.54, 1.807) is 11.8 Å². The number of nitrogens with one attached hydrogen (secondary N) is 1. The number of thioether (sulfide) groups is 1. The third-order valence-electron chi connectivity index (χ3n) is 2.50. The molecule has 6 heteroatoms. The molecule has 2 rings (SSSR count). The molecular weight excluding hydrogens is 278 g/mol. The summed E-state index contributed by atoms with van der Waals surface area (Å²) in [6, 6.07) is 9.84. The minimum atomic E-state index is 0.612. The molecule has 0 amide bonds. The molecule has 102 valence electrons. The summed E-state index contributed by atoms with van der Waals surface area (Å²) in [5, 5.41) is 4.39. The summed E-state index contributed by atoms with van der Waals surface area (Å²) in [7, 11) is 0. The van der Waals surface area contributed by atoms with Crippen LogP contribution in [0.25, 0.3) is 0 Å². The Morgan fingerprint density at radius 1 is 1.37 bits per heavy atom. The molecular formula is C13H17N3OS2. The van der Waals surface area contributed by atoms with Crippen LogP contribution < -0.4 is 15.8 Å². The van der Waals surface area contributed by atoms with Crippen LogP contribution in [0.1, 0.15) is 6.42 Å². The lowest BCUT2D eigenvalue weighted by atomic mass is 10.3. The number of rotatable bonds is 7. The molecule has 2 aromatic rings. The summed E-state index contributed by atoms with van der Waals surface area (Å²) >= 11 is 3.03. The van der Waals surface area contributed by atoms with E-state index >= 15 is 0 Å². The van der Waals surface area contributed by atoms with Crippen LogP contribution in [0.15, 0.2) is 35.2 Å². The number of nitrogens with zero attached hydrogens (tertiary/aromatic N) is 1. The van der Waals surface area contributed by atoms with E-state index in [1.807, 2.05) is 36.6 Å². The van der Waals surface area contributed by atoms with Crippen LogP contribution in [0.3, 0.4) is 0 Å². The molecule has 0 aliphatic rings. The van der Waals surface area contributed by atoms with Gasteiger partial charge in [-0.05, 0) is 36.3 Å². The number of nitrogens with two attached hydrogens (primary N) is 1. The smallest absolute Gasteiger partial charge is 0.153 e. The van der Waals surface area contributed by atoms with Gasteiger partial charge in [0, 0.05) is 6.54 Å². The Morgan fingerprint density at radius 3 is 2.89 bits per heavy atom. The van der Waals surface area contributed by atoms with Gasteiger partial charge in [0.25, 0.3) is 0 Å². The second kappa shape index (κ2) is 7.25. The van der Waals surface area contributed by atoms with Crippen LogP contribution in [0.5, 0.6) is 5.75 Å². The van der Waals surface area contributed by atoms with Crippen molar-refractivity contribution in [1.29, 1.82) is 0 Å². The van der Waals surface area contributed by atoms with Crippen LogP contribution in [0.4, 0.5) is 10.8 Å². The van der Waals surface area contributed by atoms with Gasteiger partial charge in [-0.1, -0.05) is 18.2 Å². The monoisotopic (exact) mass is 295 g/mol. The summed E-state index contributed by atoms with van der Waals surface area (Å²) in [5.41, 5.74) is 5.77. The highest BCUT2D eigenvalue weighted by atomic mass is 32.2. The molecule has 0 atom stereocenters. The number of ether oxygens (including phenoxy) is 1. The highest BCUT2D eigenvalue weighted by Gasteiger charge is 2.09. The van der Waals surface area contributed by atoms with Gasteiger partial charge in [0.1, 0.15) is 10.8 Å². The van der Waals surface area contributed by atoms with Crippen LogP contribution in [0.2, 0.25) is 0 Å². The quantitative estimate of drug-likeness (QED) is 0.606. The van der Waals surface area contributed by atoms with E-state index in [1.165, 1.54) is 11.5 Å². The van der Waals surface area contributed by atoms with Gasteiger partial charge in [0.05, 0.1) is 11.5 Å². The normalized spacial score (nSPS) is 10.4. The first-order valence-electron chi connectivity index (χ1n) is 6.02. The standard InChI is InChI=1S/C13H17N3OS2/c1-18-11-12(14)16-19-13(11)15-8-5-9-17-10-6-3-2-4-7-10/h2-4,6-7,15H,5,8-9H2,1H3,(H2,14,16). The molecule has 0 bridgehead atoms. The molecule has 0 aliphatic carbocycles. The average Bonchev–Trinajstić information content (AvgIpc) is 2.80. The molecule has 19 heavy (non-hydrogen) atoms. The van der Waals surface area contributed by atoms with Crippen LogP contribution in [-0.2, 0) is 0 Å². The van der Waals surface area contributed by atoms with Gasteiger partial charge in [-0.15, -0.1) is 11.8 Å². The number of hydrogen-bond donors (Lipinski definition) is 2. The van der Waals surface area contributed by atoms with Crippen LogP contribution >= 0.6 is 23.3 Å². The lowest BCUT2D eigenvalue weighted by molar-refractivity contribution is 0.315. The molecule has 1 aromatic carbocycles. The van der Waals surface area contributed by atoms with Gasteiger partial charge in [0.2, 0.25) is 0 Å². The highest BCUT2D eigenvalue weighted by molar-refractivity contribution is 7.99. The number of para-hydroxylation sites is 1. The molecule has 0 unspecified atom stereocenters. The zero-order valence-electron chi connectivity index (χ0n) is 10.8. The second-order valence-corrected chi connectivity index (χ2v) is 5.46. The summed E-state index contributed by atoms with van der Waals surface area (Å²) < 4.78 is 9.76. The maximum Gasteiger partial charge on any atom is 0.153 e. The van der Waals surface area contributed by atoms with E-state index < -0.39 is 0 Å². The van der Waals surface area contributed by atoms with Crippen molar-refractivity contribution in [1.82, 2.24) is 4.37 Å². The molecule has 4 nitrogen and oxygen atoms in total. The first kappa shape index (κ1) is 14.0.